The summed E-state index contributed by atoms with van der Waals surface area (Å²) in [4.78, 5) is 42.5. The molecular weight excluding hydrogens is 394 g/mol. The Balaban J connectivity index is 1.53. The largest absolute Gasteiger partial charge is 0.338 e. The van der Waals surface area contributed by atoms with Crippen molar-refractivity contribution in [2.75, 3.05) is 19.6 Å². The first-order chi connectivity index (χ1) is 15.1. The van der Waals surface area contributed by atoms with Gasteiger partial charge in [0.05, 0.1) is 11.0 Å². The van der Waals surface area contributed by atoms with Crippen molar-refractivity contribution in [3.8, 4) is 0 Å². The number of carbonyl (C=O) groups excluding carboxylic acids is 2. The number of aromatic amines is 1. The van der Waals surface area contributed by atoms with Crippen LogP contribution in [0.5, 0.6) is 0 Å². The average molecular weight is 422 g/mol. The minimum atomic E-state index is -0.565. The van der Waals surface area contributed by atoms with Crippen LogP contribution in [0.15, 0.2) is 59.4 Å². The zero-order valence-corrected chi connectivity index (χ0v) is 17.5. The van der Waals surface area contributed by atoms with Gasteiger partial charge < -0.3 is 10.3 Å². The molecule has 1 fully saturated rings. The number of carbonyl (C=O) groups is 2. The van der Waals surface area contributed by atoms with Crippen LogP contribution in [0.25, 0.3) is 11.0 Å². The van der Waals surface area contributed by atoms with E-state index in [1.807, 2.05) is 59.2 Å². The second-order valence-corrected chi connectivity index (χ2v) is 7.75. The standard InChI is InChI=1S/C23H27N5O3/c1-2-24-22(30)26-21(29)20(16-8-4-3-5-9-16)27-14-12-17(13-15-27)28-19-11-7-6-10-18(19)25-23(28)31/h3-11,17,20H,2,12-15H2,1H3,(H,25,31)(H2,24,26,29,30). The number of aromatic nitrogens is 2. The van der Waals surface area contributed by atoms with Crippen LogP contribution in [-0.4, -0.2) is 46.0 Å². The van der Waals surface area contributed by atoms with Gasteiger partial charge in [-0.05, 0) is 37.5 Å². The summed E-state index contributed by atoms with van der Waals surface area (Å²) in [5.74, 6) is -0.347. The van der Waals surface area contributed by atoms with Gasteiger partial charge in [-0.25, -0.2) is 9.59 Å². The van der Waals surface area contributed by atoms with Crippen LogP contribution in [-0.2, 0) is 4.79 Å². The molecule has 1 unspecified atom stereocenters. The summed E-state index contributed by atoms with van der Waals surface area (Å²) in [5.41, 5.74) is 2.47. The van der Waals surface area contributed by atoms with Gasteiger partial charge in [-0.15, -0.1) is 0 Å². The Labute approximate surface area is 180 Å². The van der Waals surface area contributed by atoms with Crippen molar-refractivity contribution < 1.29 is 9.59 Å². The lowest BCUT2D eigenvalue weighted by Gasteiger charge is -2.37. The number of amides is 3. The molecule has 8 nitrogen and oxygen atoms in total. The topological polar surface area (TPSA) is 99.2 Å². The maximum atomic E-state index is 13.0. The second kappa shape index (κ2) is 9.18. The molecule has 0 aliphatic carbocycles. The summed E-state index contributed by atoms with van der Waals surface area (Å²) in [7, 11) is 0. The van der Waals surface area contributed by atoms with E-state index in [1.54, 1.807) is 6.92 Å². The fourth-order valence-electron chi connectivity index (χ4n) is 4.39. The number of H-pyrrole nitrogens is 1. The van der Waals surface area contributed by atoms with Crippen molar-refractivity contribution in [2.45, 2.75) is 31.8 Å². The van der Waals surface area contributed by atoms with E-state index < -0.39 is 12.1 Å². The molecule has 0 radical (unpaired) electrons. The number of nitrogens with one attached hydrogen (secondary N) is 3. The molecule has 1 aromatic heterocycles. The van der Waals surface area contributed by atoms with Gasteiger partial charge >= 0.3 is 11.7 Å². The normalized spacial score (nSPS) is 16.2. The van der Waals surface area contributed by atoms with Crippen LogP contribution in [0.1, 0.15) is 37.4 Å². The first-order valence-electron chi connectivity index (χ1n) is 10.7. The average Bonchev–Trinajstić information content (AvgIpc) is 3.11. The predicted molar refractivity (Wildman–Crippen MR) is 119 cm³/mol. The molecule has 2 aromatic carbocycles. The van der Waals surface area contributed by atoms with Crippen LogP contribution in [0, 0.1) is 0 Å². The molecule has 3 amide bonds. The molecule has 3 aromatic rings. The number of imidazole rings is 1. The van der Waals surface area contributed by atoms with Gasteiger partial charge in [0.2, 0.25) is 5.91 Å². The number of nitrogens with zero attached hydrogens (tertiary/aromatic N) is 2. The lowest BCUT2D eigenvalue weighted by atomic mass is 9.98. The highest BCUT2D eigenvalue weighted by atomic mass is 16.2. The van der Waals surface area contributed by atoms with Gasteiger partial charge in [0.1, 0.15) is 6.04 Å². The molecule has 1 atom stereocenters. The van der Waals surface area contributed by atoms with E-state index >= 15 is 0 Å². The number of fused-ring (bicyclic) bond motifs is 1. The van der Waals surface area contributed by atoms with Crippen LogP contribution in [0.2, 0.25) is 0 Å². The number of hydrogen-bond donors (Lipinski definition) is 3. The Bertz CT molecular complexity index is 1110. The number of piperidine rings is 1. The van der Waals surface area contributed by atoms with E-state index in [0.29, 0.717) is 19.6 Å². The van der Waals surface area contributed by atoms with Gasteiger partial charge in [0.25, 0.3) is 0 Å². The van der Waals surface area contributed by atoms with Gasteiger partial charge in [-0.1, -0.05) is 42.5 Å². The van der Waals surface area contributed by atoms with Gasteiger partial charge in [-0.2, -0.15) is 0 Å². The van der Waals surface area contributed by atoms with Gasteiger partial charge in [-0.3, -0.25) is 19.6 Å². The quantitative estimate of drug-likeness (QED) is 0.590. The summed E-state index contributed by atoms with van der Waals surface area (Å²) in [5, 5.41) is 5.06. The van der Waals surface area contributed by atoms with Gasteiger partial charge in [0.15, 0.2) is 0 Å². The minimum absolute atomic E-state index is 0.0581. The van der Waals surface area contributed by atoms with Crippen LogP contribution in [0.4, 0.5) is 4.79 Å². The molecule has 1 aliphatic heterocycles. The minimum Gasteiger partial charge on any atom is -0.338 e. The third kappa shape index (κ3) is 4.39. The van der Waals surface area contributed by atoms with Crippen LogP contribution in [0.3, 0.4) is 0 Å². The van der Waals surface area contributed by atoms with E-state index in [2.05, 4.69) is 20.5 Å². The Kier molecular flexibility index (Phi) is 6.18. The fraction of sp³-hybridized carbons (Fsp3) is 0.348. The highest BCUT2D eigenvalue weighted by Crippen LogP contribution is 2.30. The second-order valence-electron chi connectivity index (χ2n) is 7.75. The molecule has 4 rings (SSSR count). The highest BCUT2D eigenvalue weighted by Gasteiger charge is 2.33. The van der Waals surface area contributed by atoms with Gasteiger partial charge in [0, 0.05) is 25.7 Å². The first kappa shape index (κ1) is 20.9. The first-order valence-corrected chi connectivity index (χ1v) is 10.7. The van der Waals surface area contributed by atoms with E-state index in [1.165, 1.54) is 0 Å². The van der Waals surface area contributed by atoms with Crippen molar-refractivity contribution >= 4 is 23.0 Å². The van der Waals surface area contributed by atoms with Crippen molar-refractivity contribution in [1.29, 1.82) is 0 Å². The third-order valence-electron chi connectivity index (χ3n) is 5.79. The van der Waals surface area contributed by atoms with Crippen molar-refractivity contribution in [3.05, 3.63) is 70.6 Å². The number of imide groups is 1. The summed E-state index contributed by atoms with van der Waals surface area (Å²) in [6.45, 7) is 3.52. The number of likely N-dealkylation sites (tertiary alicyclic amines) is 1. The molecule has 1 aliphatic rings. The molecule has 0 spiro atoms. The summed E-state index contributed by atoms with van der Waals surface area (Å²) in [6.07, 6.45) is 1.47. The van der Waals surface area contributed by atoms with E-state index in [4.69, 9.17) is 0 Å². The molecule has 0 bridgehead atoms. The fourth-order valence-corrected chi connectivity index (χ4v) is 4.39. The zero-order valence-electron chi connectivity index (χ0n) is 17.5. The number of rotatable bonds is 5. The lowest BCUT2D eigenvalue weighted by molar-refractivity contribution is -0.126. The predicted octanol–water partition coefficient (Wildman–Crippen LogP) is 2.55. The highest BCUT2D eigenvalue weighted by molar-refractivity contribution is 5.97. The summed E-state index contributed by atoms with van der Waals surface area (Å²) >= 11 is 0. The molecule has 31 heavy (non-hydrogen) atoms. The maximum absolute atomic E-state index is 13.0. The maximum Gasteiger partial charge on any atom is 0.326 e. The molecule has 2 heterocycles. The number of hydrogen-bond acceptors (Lipinski definition) is 4. The molecule has 8 heteroatoms. The molecule has 1 saturated heterocycles. The van der Waals surface area contributed by atoms with Crippen LogP contribution < -0.4 is 16.3 Å². The van der Waals surface area contributed by atoms with E-state index in [9.17, 15) is 14.4 Å². The van der Waals surface area contributed by atoms with Crippen molar-refractivity contribution in [2.24, 2.45) is 0 Å². The van der Waals surface area contributed by atoms with E-state index in [0.717, 1.165) is 29.4 Å². The van der Waals surface area contributed by atoms with E-state index in [-0.39, 0.29) is 17.6 Å². The third-order valence-corrected chi connectivity index (χ3v) is 5.79. The number of benzene rings is 2. The summed E-state index contributed by atoms with van der Waals surface area (Å²) in [6, 6.07) is 16.2. The molecule has 162 valence electrons. The van der Waals surface area contributed by atoms with Crippen LogP contribution >= 0.6 is 0 Å². The van der Waals surface area contributed by atoms with Crippen molar-refractivity contribution in [1.82, 2.24) is 25.1 Å². The molecule has 3 N–H and O–H groups in total. The monoisotopic (exact) mass is 421 g/mol. The Morgan fingerprint density at radius 3 is 2.45 bits per heavy atom. The molecule has 0 saturated carbocycles. The Morgan fingerprint density at radius 2 is 1.74 bits per heavy atom. The number of para-hydroxylation sites is 2. The smallest absolute Gasteiger partial charge is 0.326 e. The lowest BCUT2D eigenvalue weighted by Crippen LogP contribution is -2.48. The molecular formula is C23H27N5O3. The van der Waals surface area contributed by atoms with Crippen molar-refractivity contribution in [3.63, 3.8) is 0 Å². The Morgan fingerprint density at radius 1 is 1.06 bits per heavy atom. The Hall–Kier alpha value is -3.39. The summed E-state index contributed by atoms with van der Waals surface area (Å²) < 4.78 is 1.83. The zero-order chi connectivity index (χ0) is 21.8. The SMILES string of the molecule is CCNC(=O)NC(=O)C(c1ccccc1)N1CCC(n2c(=O)[nH]c3ccccc32)CC1. The number of urea groups is 1.